The average molecular weight is 228 g/mol. The van der Waals surface area contributed by atoms with Crippen molar-refractivity contribution in [3.8, 4) is 5.75 Å². The highest BCUT2D eigenvalue weighted by Crippen LogP contribution is 2.23. The molecule has 6 heteroatoms. The zero-order valence-corrected chi connectivity index (χ0v) is 8.86. The zero-order chi connectivity index (χ0) is 11.4. The van der Waals surface area contributed by atoms with Gasteiger partial charge in [0.2, 0.25) is 0 Å². The van der Waals surface area contributed by atoms with Gasteiger partial charge in [-0.15, -0.1) is 0 Å². The van der Waals surface area contributed by atoms with Gasteiger partial charge in [0.05, 0.1) is 11.6 Å². The molecule has 0 aliphatic rings. The number of aldehydes is 1. The van der Waals surface area contributed by atoms with E-state index in [1.54, 1.807) is 6.92 Å². The highest BCUT2D eigenvalue weighted by molar-refractivity contribution is 6.60. The van der Waals surface area contributed by atoms with Gasteiger partial charge >= 0.3 is 7.12 Å². The van der Waals surface area contributed by atoms with Crippen LogP contribution in [0.1, 0.15) is 17.3 Å². The molecule has 0 aliphatic carbocycles. The fourth-order valence-corrected chi connectivity index (χ4v) is 1.48. The van der Waals surface area contributed by atoms with E-state index >= 15 is 0 Å². The van der Waals surface area contributed by atoms with Crippen LogP contribution in [0.3, 0.4) is 0 Å². The van der Waals surface area contributed by atoms with E-state index in [4.69, 9.17) is 26.4 Å². The van der Waals surface area contributed by atoms with Crippen molar-refractivity contribution in [3.05, 3.63) is 22.7 Å². The van der Waals surface area contributed by atoms with Crippen molar-refractivity contribution in [2.24, 2.45) is 0 Å². The number of carbonyl (C=O) groups is 1. The Bertz CT molecular complexity index is 367. The molecule has 1 aromatic rings. The lowest BCUT2D eigenvalue weighted by molar-refractivity contribution is 0.112. The van der Waals surface area contributed by atoms with Crippen LogP contribution in [-0.2, 0) is 0 Å². The molecule has 80 valence electrons. The lowest BCUT2D eigenvalue weighted by Crippen LogP contribution is -2.32. The minimum atomic E-state index is -1.72. The van der Waals surface area contributed by atoms with Gasteiger partial charge in [0.15, 0.2) is 0 Å². The molecule has 0 saturated heterocycles. The predicted octanol–water partition coefficient (Wildman–Crippen LogP) is 0.231. The smallest absolute Gasteiger partial charge is 0.492 e. The van der Waals surface area contributed by atoms with Crippen LogP contribution in [-0.4, -0.2) is 30.1 Å². The van der Waals surface area contributed by atoms with Crippen LogP contribution in [0.5, 0.6) is 5.75 Å². The van der Waals surface area contributed by atoms with Crippen LogP contribution in [0.25, 0.3) is 0 Å². The summed E-state index contributed by atoms with van der Waals surface area (Å²) in [6.07, 6.45) is 0.577. The summed E-state index contributed by atoms with van der Waals surface area (Å²) in [4.78, 5) is 10.5. The molecule has 0 bridgehead atoms. The van der Waals surface area contributed by atoms with Crippen LogP contribution in [0.15, 0.2) is 12.1 Å². The Kier molecular flexibility index (Phi) is 4.14. The Labute approximate surface area is 92.6 Å². The average Bonchev–Trinajstić information content (AvgIpc) is 2.20. The number of halogens is 1. The third-order valence-electron chi connectivity index (χ3n) is 1.80. The van der Waals surface area contributed by atoms with Crippen molar-refractivity contribution in [1.82, 2.24) is 0 Å². The monoisotopic (exact) mass is 228 g/mol. The number of rotatable bonds is 4. The fraction of sp³-hybridized carbons (Fsp3) is 0.222. The molecule has 0 aromatic heterocycles. The zero-order valence-electron chi connectivity index (χ0n) is 8.11. The molecule has 4 nitrogen and oxygen atoms in total. The molecule has 0 fully saturated rings. The predicted molar refractivity (Wildman–Crippen MR) is 57.8 cm³/mol. The third-order valence-corrected chi connectivity index (χ3v) is 2.08. The van der Waals surface area contributed by atoms with Gasteiger partial charge in [-0.05, 0) is 19.1 Å². The van der Waals surface area contributed by atoms with Crippen molar-refractivity contribution < 1.29 is 19.6 Å². The summed E-state index contributed by atoms with van der Waals surface area (Å²) in [5.74, 6) is 0.194. The Balaban J connectivity index is 3.28. The summed E-state index contributed by atoms with van der Waals surface area (Å²) in [7, 11) is -1.72. The molecule has 0 saturated carbocycles. The number of benzene rings is 1. The van der Waals surface area contributed by atoms with E-state index in [0.29, 0.717) is 12.9 Å². The third kappa shape index (κ3) is 2.71. The lowest BCUT2D eigenvalue weighted by Gasteiger charge is -2.11. The largest absolute Gasteiger partial charge is 0.493 e. The first kappa shape index (κ1) is 12.0. The standard InChI is InChI=1S/C9H10BClO4/c1-2-15-9-7(10(13)14)3-6(5-12)4-8(9)11/h3-5,13-14H,2H2,1H3. The van der Waals surface area contributed by atoms with Crippen molar-refractivity contribution in [3.63, 3.8) is 0 Å². The van der Waals surface area contributed by atoms with E-state index in [1.807, 2.05) is 0 Å². The first-order valence-corrected chi connectivity index (χ1v) is 4.75. The second-order valence-corrected chi connectivity index (χ2v) is 3.25. The van der Waals surface area contributed by atoms with Gasteiger partial charge in [-0.25, -0.2) is 0 Å². The molecule has 15 heavy (non-hydrogen) atoms. The van der Waals surface area contributed by atoms with Crippen LogP contribution in [0.4, 0.5) is 0 Å². The summed E-state index contributed by atoms with van der Waals surface area (Å²) in [6.45, 7) is 2.09. The van der Waals surface area contributed by atoms with E-state index in [-0.39, 0.29) is 21.8 Å². The van der Waals surface area contributed by atoms with Gasteiger partial charge in [-0.3, -0.25) is 4.79 Å². The molecular weight excluding hydrogens is 218 g/mol. The molecule has 0 heterocycles. The summed E-state index contributed by atoms with van der Waals surface area (Å²) in [5.41, 5.74) is 0.359. The molecule has 0 radical (unpaired) electrons. The SMILES string of the molecule is CCOc1c(Cl)cc(C=O)cc1B(O)O. The maximum atomic E-state index is 10.5. The fourth-order valence-electron chi connectivity index (χ4n) is 1.19. The van der Waals surface area contributed by atoms with Gasteiger partial charge < -0.3 is 14.8 Å². The topological polar surface area (TPSA) is 66.8 Å². The molecular formula is C9H10BClO4. The highest BCUT2D eigenvalue weighted by atomic mass is 35.5. The van der Waals surface area contributed by atoms with E-state index in [0.717, 1.165) is 0 Å². The molecule has 0 spiro atoms. The van der Waals surface area contributed by atoms with Crippen molar-refractivity contribution in [2.75, 3.05) is 6.61 Å². The van der Waals surface area contributed by atoms with Crippen LogP contribution in [0.2, 0.25) is 5.02 Å². The second-order valence-electron chi connectivity index (χ2n) is 2.85. The Morgan fingerprint density at radius 1 is 1.53 bits per heavy atom. The first-order valence-electron chi connectivity index (χ1n) is 4.37. The number of hydrogen-bond acceptors (Lipinski definition) is 4. The summed E-state index contributed by atoms with van der Waals surface area (Å²) in [6, 6.07) is 2.74. The quantitative estimate of drug-likeness (QED) is 0.572. The molecule has 0 amide bonds. The summed E-state index contributed by atoms with van der Waals surface area (Å²) < 4.78 is 5.16. The Morgan fingerprint density at radius 3 is 2.67 bits per heavy atom. The molecule has 0 atom stereocenters. The van der Waals surface area contributed by atoms with Crippen LogP contribution in [0, 0.1) is 0 Å². The number of hydrogen-bond donors (Lipinski definition) is 2. The minimum Gasteiger partial charge on any atom is -0.493 e. The van der Waals surface area contributed by atoms with Crippen molar-refractivity contribution in [1.29, 1.82) is 0 Å². The van der Waals surface area contributed by atoms with Crippen molar-refractivity contribution >= 4 is 30.5 Å². The molecule has 1 rings (SSSR count). The Morgan fingerprint density at radius 2 is 2.20 bits per heavy atom. The number of ether oxygens (including phenoxy) is 1. The lowest BCUT2D eigenvalue weighted by atomic mass is 9.79. The van der Waals surface area contributed by atoms with Crippen LogP contribution >= 0.6 is 11.6 Å². The minimum absolute atomic E-state index is 0.0893. The molecule has 2 N–H and O–H groups in total. The molecule has 0 unspecified atom stereocenters. The van der Waals surface area contributed by atoms with E-state index < -0.39 is 7.12 Å². The highest BCUT2D eigenvalue weighted by Gasteiger charge is 2.20. The Hall–Kier alpha value is -1.04. The van der Waals surface area contributed by atoms with Crippen LogP contribution < -0.4 is 10.2 Å². The second kappa shape index (κ2) is 5.16. The van der Waals surface area contributed by atoms with Crippen molar-refractivity contribution in [2.45, 2.75) is 6.92 Å². The summed E-state index contributed by atoms with van der Waals surface area (Å²) in [5, 5.41) is 18.3. The number of carbonyl (C=O) groups excluding carboxylic acids is 1. The van der Waals surface area contributed by atoms with E-state index in [9.17, 15) is 4.79 Å². The molecule has 0 aliphatic heterocycles. The molecule has 1 aromatic carbocycles. The summed E-state index contributed by atoms with van der Waals surface area (Å²) >= 11 is 5.83. The van der Waals surface area contributed by atoms with Gasteiger partial charge in [-0.2, -0.15) is 0 Å². The van der Waals surface area contributed by atoms with E-state index in [1.165, 1.54) is 12.1 Å². The van der Waals surface area contributed by atoms with Gasteiger partial charge in [-0.1, -0.05) is 11.6 Å². The first-order chi connectivity index (χ1) is 7.10. The maximum absolute atomic E-state index is 10.5. The van der Waals surface area contributed by atoms with Gasteiger partial charge in [0.1, 0.15) is 12.0 Å². The van der Waals surface area contributed by atoms with Gasteiger partial charge in [0, 0.05) is 11.0 Å². The van der Waals surface area contributed by atoms with E-state index in [2.05, 4.69) is 0 Å². The normalized spacial score (nSPS) is 9.87. The van der Waals surface area contributed by atoms with Gasteiger partial charge in [0.25, 0.3) is 0 Å². The maximum Gasteiger partial charge on any atom is 0.492 e.